The molecule has 1 aromatic carbocycles. The van der Waals surface area contributed by atoms with Gasteiger partial charge < -0.3 is 19.4 Å². The molecule has 1 aromatic heterocycles. The van der Waals surface area contributed by atoms with Gasteiger partial charge in [-0.05, 0) is 49.7 Å². The van der Waals surface area contributed by atoms with Crippen molar-refractivity contribution in [2.75, 3.05) is 13.7 Å². The summed E-state index contributed by atoms with van der Waals surface area (Å²) in [6.07, 6.45) is 10.7. The summed E-state index contributed by atoms with van der Waals surface area (Å²) in [6, 6.07) is 6.99. The van der Waals surface area contributed by atoms with Gasteiger partial charge in [-0.25, -0.2) is 4.39 Å². The third-order valence-corrected chi connectivity index (χ3v) is 4.91. The minimum Gasteiger partial charge on any atom is -0.501 e. The average molecular weight is 361 g/mol. The van der Waals surface area contributed by atoms with Crippen LogP contribution >= 0.6 is 0 Å². The quantitative estimate of drug-likeness (QED) is 0.831. The van der Waals surface area contributed by atoms with Gasteiger partial charge in [0.05, 0.1) is 7.11 Å². The van der Waals surface area contributed by atoms with E-state index in [9.17, 15) is 4.39 Å². The monoisotopic (exact) mass is 361 g/mol. The number of methoxy groups -OCH3 is 1. The summed E-state index contributed by atoms with van der Waals surface area (Å²) in [6.45, 7) is 2.69. The number of aryl methyl sites for hydroxylation is 1. The lowest BCUT2D eigenvalue weighted by Gasteiger charge is -2.29. The molecule has 0 spiro atoms. The molecular formula is C21H21BFN3O. The highest BCUT2D eigenvalue weighted by molar-refractivity contribution is 6.28. The maximum Gasteiger partial charge on any atom is 0.221 e. The molecule has 0 bridgehead atoms. The Hall–Kier alpha value is -2.86. The minimum absolute atomic E-state index is 0.306. The second kappa shape index (κ2) is 7.04. The zero-order chi connectivity index (χ0) is 19.0. The first kappa shape index (κ1) is 17.6. The highest BCUT2D eigenvalue weighted by Crippen LogP contribution is 2.33. The molecule has 2 aliphatic heterocycles. The maximum absolute atomic E-state index is 14.2. The van der Waals surface area contributed by atoms with Crippen LogP contribution < -0.4 is 10.5 Å². The molecule has 4 nitrogen and oxygen atoms in total. The first-order valence-electron chi connectivity index (χ1n) is 8.94. The van der Waals surface area contributed by atoms with Crippen molar-refractivity contribution < 1.29 is 13.6 Å². The van der Waals surface area contributed by atoms with Gasteiger partial charge in [-0.1, -0.05) is 6.08 Å². The predicted octanol–water partition coefficient (Wildman–Crippen LogP) is 3.22. The zero-order valence-electron chi connectivity index (χ0n) is 15.4. The Morgan fingerprint density at radius 2 is 2.15 bits per heavy atom. The van der Waals surface area contributed by atoms with Gasteiger partial charge in [-0.15, -0.1) is 0 Å². The topological polar surface area (TPSA) is 43.2 Å². The van der Waals surface area contributed by atoms with Gasteiger partial charge in [0.15, 0.2) is 5.70 Å². The van der Waals surface area contributed by atoms with E-state index in [-0.39, 0.29) is 5.82 Å². The van der Waals surface area contributed by atoms with Crippen LogP contribution in [0.3, 0.4) is 0 Å². The molecule has 0 unspecified atom stereocenters. The van der Waals surface area contributed by atoms with Gasteiger partial charge in [0.2, 0.25) is 7.55 Å². The molecule has 136 valence electrons. The van der Waals surface area contributed by atoms with Crippen LogP contribution in [0.1, 0.15) is 28.9 Å². The fraction of sp³-hybridized carbons (Fsp3) is 0.190. The van der Waals surface area contributed by atoms with Crippen molar-refractivity contribution in [3.63, 3.8) is 0 Å². The number of ether oxygens (including phenoxy) is 1. The smallest absolute Gasteiger partial charge is 0.221 e. The number of halogens is 1. The predicted molar refractivity (Wildman–Crippen MR) is 108 cm³/mol. The summed E-state index contributed by atoms with van der Waals surface area (Å²) in [5.74, 6) is 0.204. The van der Waals surface area contributed by atoms with Crippen molar-refractivity contribution in [2.45, 2.75) is 13.3 Å². The molecule has 0 aliphatic carbocycles. The van der Waals surface area contributed by atoms with Crippen molar-refractivity contribution in [3.05, 3.63) is 70.4 Å². The molecule has 3 heterocycles. The number of fused-ring (bicyclic) bond motifs is 2. The molecule has 6 heteroatoms. The fourth-order valence-corrected chi connectivity index (χ4v) is 3.65. The Kier molecular flexibility index (Phi) is 4.58. The molecule has 0 saturated heterocycles. The van der Waals surface area contributed by atoms with Gasteiger partial charge in [-0.2, -0.15) is 0 Å². The number of rotatable bonds is 5. The lowest BCUT2D eigenvalue weighted by molar-refractivity contribution is -0.307. The Bertz CT molecular complexity index is 1030. The van der Waals surface area contributed by atoms with Crippen LogP contribution in [0.25, 0.3) is 17.7 Å². The van der Waals surface area contributed by atoms with Gasteiger partial charge in [0, 0.05) is 40.7 Å². The molecule has 0 atom stereocenters. The summed E-state index contributed by atoms with van der Waals surface area (Å²) >= 11 is 0. The highest BCUT2D eigenvalue weighted by atomic mass is 19.1. The van der Waals surface area contributed by atoms with E-state index in [1.165, 1.54) is 35.7 Å². The van der Waals surface area contributed by atoms with Crippen molar-refractivity contribution in [3.8, 4) is 5.75 Å². The Balaban J connectivity index is 1.74. The van der Waals surface area contributed by atoms with Gasteiger partial charge in [0.1, 0.15) is 17.8 Å². The maximum atomic E-state index is 14.2. The first-order chi connectivity index (χ1) is 13.1. The van der Waals surface area contributed by atoms with E-state index in [2.05, 4.69) is 35.6 Å². The number of nitrogens with two attached hydrogens (primary N) is 1. The zero-order valence-corrected chi connectivity index (χ0v) is 15.4. The van der Waals surface area contributed by atoms with E-state index in [0.29, 0.717) is 17.9 Å². The van der Waals surface area contributed by atoms with Gasteiger partial charge in [-0.3, -0.25) is 0 Å². The normalized spacial score (nSPS) is 15.3. The highest BCUT2D eigenvalue weighted by Gasteiger charge is 2.24. The van der Waals surface area contributed by atoms with E-state index < -0.39 is 0 Å². The summed E-state index contributed by atoms with van der Waals surface area (Å²) in [5.41, 5.74) is 12.1. The molecule has 4 rings (SSSR count). The van der Waals surface area contributed by atoms with Gasteiger partial charge in [0.25, 0.3) is 0 Å². The van der Waals surface area contributed by atoms with Crippen LogP contribution in [-0.2, 0) is 0 Å². The van der Waals surface area contributed by atoms with Crippen LogP contribution in [0.4, 0.5) is 4.39 Å². The van der Waals surface area contributed by atoms with Gasteiger partial charge >= 0.3 is 0 Å². The molecule has 2 radical (unpaired) electrons. The molecule has 0 saturated carbocycles. The van der Waals surface area contributed by atoms with Crippen molar-refractivity contribution in [1.29, 1.82) is 0 Å². The number of benzene rings is 1. The number of nitrogens with zero attached hydrogens (tertiary/aromatic N) is 2. The molecule has 0 fully saturated rings. The standard InChI is InChI=1S/C21H21BFN3O/c1-14-12-16(7-5-15-6-8-17(27-2)13-19(15)23)26-21(14)18(9-10-24)20-4-3-11-25(20)22-26/h3-8,11-13H,9-10,24H2,1-2H3. The third-order valence-electron chi connectivity index (χ3n) is 4.91. The van der Waals surface area contributed by atoms with Crippen molar-refractivity contribution in [2.24, 2.45) is 5.73 Å². The lowest BCUT2D eigenvalue weighted by Crippen LogP contribution is -2.30. The Morgan fingerprint density at radius 1 is 1.30 bits per heavy atom. The van der Waals surface area contributed by atoms with Crippen LogP contribution in [0.15, 0.2) is 42.1 Å². The molecule has 0 amide bonds. The Morgan fingerprint density at radius 3 is 2.89 bits per heavy atom. The minimum atomic E-state index is -0.306. The molecule has 27 heavy (non-hydrogen) atoms. The van der Waals surface area contributed by atoms with E-state index in [1.54, 1.807) is 18.2 Å². The number of aromatic nitrogens is 1. The lowest BCUT2D eigenvalue weighted by atomic mass is 9.94. The van der Waals surface area contributed by atoms with E-state index in [4.69, 9.17) is 10.5 Å². The SMILES string of the molecule is COc1ccc(C=Cc2cc(C)c3n2[B-][N+]2=CC=CC2=C3CCN)c(F)c1. The largest absolute Gasteiger partial charge is 0.501 e. The first-order valence-corrected chi connectivity index (χ1v) is 8.94. The number of hydrogen-bond acceptors (Lipinski definition) is 2. The molecule has 2 N–H and O–H groups in total. The number of allylic oxidation sites excluding steroid dienone is 2. The molecular weight excluding hydrogens is 340 g/mol. The summed E-state index contributed by atoms with van der Waals surface area (Å²) in [7, 11) is 3.59. The summed E-state index contributed by atoms with van der Waals surface area (Å²) < 4.78 is 23.5. The van der Waals surface area contributed by atoms with Crippen LogP contribution in [-0.4, -0.2) is 36.4 Å². The van der Waals surface area contributed by atoms with Crippen LogP contribution in [0, 0.1) is 12.7 Å². The summed E-state index contributed by atoms with van der Waals surface area (Å²) in [4.78, 5) is 0. The molecule has 2 aliphatic rings. The molecule has 2 aromatic rings. The fourth-order valence-electron chi connectivity index (χ4n) is 3.65. The Labute approximate surface area is 159 Å². The second-order valence-corrected chi connectivity index (χ2v) is 6.62. The summed E-state index contributed by atoms with van der Waals surface area (Å²) in [5, 5.41) is 0. The van der Waals surface area contributed by atoms with E-state index >= 15 is 0 Å². The van der Waals surface area contributed by atoms with E-state index in [1.807, 2.05) is 18.4 Å². The van der Waals surface area contributed by atoms with E-state index in [0.717, 1.165) is 12.1 Å². The van der Waals surface area contributed by atoms with Crippen molar-refractivity contribution in [1.82, 2.24) is 4.48 Å². The third kappa shape index (κ3) is 3.06. The average Bonchev–Trinajstić information content (AvgIpc) is 3.25. The second-order valence-electron chi connectivity index (χ2n) is 6.62. The van der Waals surface area contributed by atoms with Crippen molar-refractivity contribution >= 4 is 31.5 Å². The van der Waals surface area contributed by atoms with Crippen LogP contribution in [0.2, 0.25) is 0 Å². The number of hydrogen-bond donors (Lipinski definition) is 1. The van der Waals surface area contributed by atoms with Crippen LogP contribution in [0.5, 0.6) is 5.75 Å².